The molecule has 0 spiro atoms. The molecular formula is C16H14N4S. The second-order valence-corrected chi connectivity index (χ2v) is 5.99. The van der Waals surface area contributed by atoms with E-state index in [0.29, 0.717) is 0 Å². The van der Waals surface area contributed by atoms with Gasteiger partial charge in [-0.15, -0.1) is 10.2 Å². The molecule has 4 aromatic rings. The van der Waals surface area contributed by atoms with E-state index in [1.165, 1.54) is 10.8 Å². The highest BCUT2D eigenvalue weighted by Gasteiger charge is 2.12. The van der Waals surface area contributed by atoms with Crippen molar-refractivity contribution < 1.29 is 0 Å². The van der Waals surface area contributed by atoms with Gasteiger partial charge in [0.1, 0.15) is 5.01 Å². The van der Waals surface area contributed by atoms with Crippen LogP contribution in [0.15, 0.2) is 42.5 Å². The van der Waals surface area contributed by atoms with Gasteiger partial charge in [0.05, 0.1) is 0 Å². The maximum Gasteiger partial charge on any atom is 0.234 e. The summed E-state index contributed by atoms with van der Waals surface area (Å²) in [4.78, 5) is 0.863. The normalized spacial score (nSPS) is 11.5. The van der Waals surface area contributed by atoms with E-state index in [1.807, 2.05) is 4.52 Å². The lowest BCUT2D eigenvalue weighted by molar-refractivity contribution is 0.778. The lowest BCUT2D eigenvalue weighted by Gasteiger charge is -2.00. The van der Waals surface area contributed by atoms with Crippen LogP contribution in [0, 0.1) is 0 Å². The zero-order valence-corrected chi connectivity index (χ0v) is 12.5. The van der Waals surface area contributed by atoms with E-state index >= 15 is 0 Å². The Morgan fingerprint density at radius 1 is 1.05 bits per heavy atom. The quantitative estimate of drug-likeness (QED) is 0.574. The highest BCUT2D eigenvalue weighted by molar-refractivity contribution is 7.19. The van der Waals surface area contributed by atoms with Gasteiger partial charge in [-0.05, 0) is 23.3 Å². The summed E-state index contributed by atoms with van der Waals surface area (Å²) in [7, 11) is 0. The smallest absolute Gasteiger partial charge is 0.187 e. The lowest BCUT2D eigenvalue weighted by Crippen LogP contribution is -1.95. The Balaban J connectivity index is 1.83. The Labute approximate surface area is 126 Å². The molecule has 0 amide bonds. The van der Waals surface area contributed by atoms with Gasteiger partial charge in [0, 0.05) is 12.0 Å². The van der Waals surface area contributed by atoms with Crippen LogP contribution in [0.4, 0.5) is 0 Å². The van der Waals surface area contributed by atoms with Gasteiger partial charge in [0.15, 0.2) is 5.82 Å². The van der Waals surface area contributed by atoms with Crippen LogP contribution in [-0.2, 0) is 6.42 Å². The number of rotatable bonds is 3. The van der Waals surface area contributed by atoms with Crippen molar-refractivity contribution in [3.05, 3.63) is 48.3 Å². The van der Waals surface area contributed by atoms with Crippen LogP contribution in [0.25, 0.3) is 26.3 Å². The van der Waals surface area contributed by atoms with Gasteiger partial charge in [-0.3, -0.25) is 0 Å². The SMILES string of the molecule is CCCc1nnc2sc(-c3ccc4ccccc4c3)nn12. The molecule has 0 radical (unpaired) electrons. The monoisotopic (exact) mass is 294 g/mol. The molecular weight excluding hydrogens is 280 g/mol. The first-order valence-corrected chi connectivity index (χ1v) is 7.87. The third-order valence-corrected chi connectivity index (χ3v) is 4.47. The van der Waals surface area contributed by atoms with Gasteiger partial charge < -0.3 is 0 Å². The van der Waals surface area contributed by atoms with Crippen molar-refractivity contribution in [2.24, 2.45) is 0 Å². The summed E-state index contributed by atoms with van der Waals surface area (Å²) in [6.45, 7) is 2.14. The molecule has 2 heterocycles. The second kappa shape index (κ2) is 4.93. The number of fused-ring (bicyclic) bond motifs is 2. The second-order valence-electron chi connectivity index (χ2n) is 5.03. The van der Waals surface area contributed by atoms with Gasteiger partial charge in [-0.25, -0.2) is 0 Å². The standard InChI is InChI=1S/C16H14N4S/c1-2-5-14-17-18-16-20(14)19-15(21-16)13-9-8-11-6-3-4-7-12(11)10-13/h3-4,6-10H,2,5H2,1H3. The summed E-state index contributed by atoms with van der Waals surface area (Å²) in [5.74, 6) is 0.941. The third kappa shape index (κ3) is 2.10. The first kappa shape index (κ1) is 12.5. The molecule has 0 aliphatic carbocycles. The number of benzene rings is 2. The molecule has 2 aromatic carbocycles. The highest BCUT2D eigenvalue weighted by atomic mass is 32.1. The molecule has 0 N–H and O–H groups in total. The van der Waals surface area contributed by atoms with Crippen LogP contribution in [-0.4, -0.2) is 19.8 Å². The summed E-state index contributed by atoms with van der Waals surface area (Å²) in [6, 6.07) is 14.8. The topological polar surface area (TPSA) is 43.1 Å². The number of nitrogens with zero attached hydrogens (tertiary/aromatic N) is 4. The fourth-order valence-electron chi connectivity index (χ4n) is 2.48. The largest absolute Gasteiger partial charge is 0.234 e. The Morgan fingerprint density at radius 2 is 1.90 bits per heavy atom. The van der Waals surface area contributed by atoms with Crippen LogP contribution < -0.4 is 0 Å². The van der Waals surface area contributed by atoms with E-state index in [4.69, 9.17) is 0 Å². The molecule has 0 unspecified atom stereocenters. The molecule has 0 atom stereocenters. The molecule has 0 bridgehead atoms. The summed E-state index contributed by atoms with van der Waals surface area (Å²) in [6.07, 6.45) is 1.95. The zero-order valence-electron chi connectivity index (χ0n) is 11.7. The van der Waals surface area contributed by atoms with Gasteiger partial charge in [-0.1, -0.05) is 54.7 Å². The third-order valence-electron chi connectivity index (χ3n) is 3.53. The van der Waals surface area contributed by atoms with E-state index in [1.54, 1.807) is 11.3 Å². The van der Waals surface area contributed by atoms with Crippen LogP contribution >= 0.6 is 11.3 Å². The minimum absolute atomic E-state index is 0.863. The van der Waals surface area contributed by atoms with Crippen molar-refractivity contribution in [2.45, 2.75) is 19.8 Å². The van der Waals surface area contributed by atoms with Crippen LogP contribution in [0.1, 0.15) is 19.2 Å². The summed E-state index contributed by atoms with van der Waals surface area (Å²) >= 11 is 1.58. The number of hydrogen-bond donors (Lipinski definition) is 0. The Kier molecular flexibility index (Phi) is 2.93. The van der Waals surface area contributed by atoms with Crippen molar-refractivity contribution >= 4 is 27.1 Å². The Bertz CT molecular complexity index is 922. The molecule has 4 rings (SSSR count). The van der Waals surface area contributed by atoms with Crippen LogP contribution in [0.5, 0.6) is 0 Å². The molecule has 4 nitrogen and oxygen atoms in total. The molecule has 0 aliphatic heterocycles. The number of hydrogen-bond acceptors (Lipinski definition) is 4. The molecule has 0 fully saturated rings. The maximum atomic E-state index is 4.68. The van der Waals surface area contributed by atoms with Gasteiger partial charge in [0.25, 0.3) is 0 Å². The van der Waals surface area contributed by atoms with E-state index in [0.717, 1.165) is 34.2 Å². The summed E-state index contributed by atoms with van der Waals surface area (Å²) in [5.41, 5.74) is 1.13. The maximum absolute atomic E-state index is 4.68. The molecule has 5 heteroatoms. The lowest BCUT2D eigenvalue weighted by atomic mass is 10.1. The fourth-order valence-corrected chi connectivity index (χ4v) is 3.33. The van der Waals surface area contributed by atoms with Gasteiger partial charge in [-0.2, -0.15) is 9.61 Å². The summed E-state index contributed by atoms with van der Waals surface area (Å²) < 4.78 is 1.87. The van der Waals surface area contributed by atoms with Crippen molar-refractivity contribution in [2.75, 3.05) is 0 Å². The predicted molar refractivity (Wildman–Crippen MR) is 85.6 cm³/mol. The predicted octanol–water partition coefficient (Wildman–Crippen LogP) is 3.96. The van der Waals surface area contributed by atoms with Crippen LogP contribution in [0.3, 0.4) is 0 Å². The van der Waals surface area contributed by atoms with Crippen LogP contribution in [0.2, 0.25) is 0 Å². The molecule has 0 saturated carbocycles. The van der Waals surface area contributed by atoms with Crippen molar-refractivity contribution in [3.8, 4) is 10.6 Å². The molecule has 0 saturated heterocycles. The average Bonchev–Trinajstić information content (AvgIpc) is 3.09. The minimum Gasteiger partial charge on any atom is -0.187 e. The number of aryl methyl sites for hydroxylation is 1. The van der Waals surface area contributed by atoms with Gasteiger partial charge in [0.2, 0.25) is 4.96 Å². The Hall–Kier alpha value is -2.27. The van der Waals surface area contributed by atoms with E-state index in [2.05, 4.69) is 64.7 Å². The van der Waals surface area contributed by atoms with Gasteiger partial charge >= 0.3 is 0 Å². The molecule has 104 valence electrons. The van der Waals surface area contributed by atoms with E-state index in [-0.39, 0.29) is 0 Å². The fraction of sp³-hybridized carbons (Fsp3) is 0.188. The molecule has 21 heavy (non-hydrogen) atoms. The van der Waals surface area contributed by atoms with Crippen molar-refractivity contribution in [1.29, 1.82) is 0 Å². The van der Waals surface area contributed by atoms with E-state index < -0.39 is 0 Å². The zero-order chi connectivity index (χ0) is 14.2. The molecule has 2 aromatic heterocycles. The first-order chi connectivity index (χ1) is 10.3. The number of aromatic nitrogens is 4. The highest BCUT2D eigenvalue weighted by Crippen LogP contribution is 2.28. The minimum atomic E-state index is 0.863. The summed E-state index contributed by atoms with van der Waals surface area (Å²) in [5, 5.41) is 16.6. The van der Waals surface area contributed by atoms with E-state index in [9.17, 15) is 0 Å². The molecule has 0 aliphatic rings. The first-order valence-electron chi connectivity index (χ1n) is 7.05. The van der Waals surface area contributed by atoms with Crippen molar-refractivity contribution in [1.82, 2.24) is 19.8 Å². The average molecular weight is 294 g/mol. The Morgan fingerprint density at radius 3 is 2.76 bits per heavy atom. The van der Waals surface area contributed by atoms with Crippen molar-refractivity contribution in [3.63, 3.8) is 0 Å².